The minimum Gasteiger partial charge on any atom is -0.367 e. The summed E-state index contributed by atoms with van der Waals surface area (Å²) in [7, 11) is 0. The number of hydrogen-bond acceptors (Lipinski definition) is 3. The standard InChI is InChI=1S/C5H8N2O3/c8-3-4(9)7-2-1-6-5(7)10/h3-4,9H,1-2H2,(H,6,10). The van der Waals surface area contributed by atoms with E-state index in [9.17, 15) is 9.59 Å². The van der Waals surface area contributed by atoms with Gasteiger partial charge in [0, 0.05) is 13.1 Å². The van der Waals surface area contributed by atoms with Crippen molar-refractivity contribution in [2.75, 3.05) is 13.1 Å². The van der Waals surface area contributed by atoms with Gasteiger partial charge in [0.2, 0.25) is 0 Å². The molecular weight excluding hydrogens is 136 g/mol. The molecule has 0 bridgehead atoms. The van der Waals surface area contributed by atoms with Crippen LogP contribution in [0.15, 0.2) is 0 Å². The Morgan fingerprint density at radius 2 is 2.50 bits per heavy atom. The highest BCUT2D eigenvalue weighted by atomic mass is 16.3. The topological polar surface area (TPSA) is 69.6 Å². The summed E-state index contributed by atoms with van der Waals surface area (Å²) in [4.78, 5) is 21.7. The number of nitrogens with zero attached hydrogens (tertiary/aromatic N) is 1. The van der Waals surface area contributed by atoms with Crippen molar-refractivity contribution >= 4 is 12.3 Å². The molecule has 0 aromatic rings. The second kappa shape index (κ2) is 2.66. The molecule has 0 aromatic carbocycles. The lowest BCUT2D eigenvalue weighted by atomic mass is 10.5. The van der Waals surface area contributed by atoms with Crippen LogP contribution < -0.4 is 5.32 Å². The number of amides is 2. The third kappa shape index (κ3) is 1.08. The average Bonchev–Trinajstić information content (AvgIpc) is 2.34. The molecule has 2 N–H and O–H groups in total. The zero-order valence-electron chi connectivity index (χ0n) is 5.28. The van der Waals surface area contributed by atoms with Crippen molar-refractivity contribution < 1.29 is 14.7 Å². The van der Waals surface area contributed by atoms with Gasteiger partial charge in [0.15, 0.2) is 12.5 Å². The molecule has 56 valence electrons. The summed E-state index contributed by atoms with van der Waals surface area (Å²) in [6, 6.07) is -0.389. The van der Waals surface area contributed by atoms with Crippen LogP contribution in [0.4, 0.5) is 4.79 Å². The molecule has 1 saturated heterocycles. The predicted molar refractivity (Wildman–Crippen MR) is 32.2 cm³/mol. The third-order valence-corrected chi connectivity index (χ3v) is 1.33. The monoisotopic (exact) mass is 144 g/mol. The predicted octanol–water partition coefficient (Wildman–Crippen LogP) is -1.47. The molecule has 1 heterocycles. The van der Waals surface area contributed by atoms with Crippen LogP contribution in [0.5, 0.6) is 0 Å². The van der Waals surface area contributed by atoms with E-state index in [1.165, 1.54) is 0 Å². The Kier molecular flexibility index (Phi) is 1.86. The summed E-state index contributed by atoms with van der Waals surface area (Å²) in [5.41, 5.74) is 0. The van der Waals surface area contributed by atoms with Crippen molar-refractivity contribution in [2.24, 2.45) is 0 Å². The number of rotatable bonds is 2. The van der Waals surface area contributed by atoms with Gasteiger partial charge in [-0.05, 0) is 0 Å². The van der Waals surface area contributed by atoms with E-state index in [4.69, 9.17) is 5.11 Å². The highest BCUT2D eigenvalue weighted by molar-refractivity contribution is 5.79. The van der Waals surface area contributed by atoms with Gasteiger partial charge in [-0.2, -0.15) is 0 Å². The van der Waals surface area contributed by atoms with Gasteiger partial charge in [0.25, 0.3) is 0 Å². The minimum absolute atomic E-state index is 0.324. The number of aldehydes is 1. The fraction of sp³-hybridized carbons (Fsp3) is 0.600. The Balaban J connectivity index is 2.54. The molecule has 0 saturated carbocycles. The lowest BCUT2D eigenvalue weighted by Gasteiger charge is -2.15. The van der Waals surface area contributed by atoms with E-state index in [-0.39, 0.29) is 6.03 Å². The summed E-state index contributed by atoms with van der Waals surface area (Å²) in [5, 5.41) is 11.3. The molecule has 10 heavy (non-hydrogen) atoms. The van der Waals surface area contributed by atoms with Gasteiger partial charge >= 0.3 is 6.03 Å². The largest absolute Gasteiger partial charge is 0.367 e. The second-order valence-corrected chi connectivity index (χ2v) is 1.98. The number of aliphatic hydroxyl groups is 1. The number of carbonyl (C=O) groups excluding carboxylic acids is 2. The molecule has 1 rings (SSSR count). The van der Waals surface area contributed by atoms with Crippen LogP contribution in [0.25, 0.3) is 0 Å². The van der Waals surface area contributed by atoms with Gasteiger partial charge in [0.05, 0.1) is 0 Å². The first-order chi connectivity index (χ1) is 4.75. The van der Waals surface area contributed by atoms with Crippen LogP contribution in [0.3, 0.4) is 0 Å². The molecule has 1 unspecified atom stereocenters. The van der Waals surface area contributed by atoms with Crippen molar-refractivity contribution in [3.8, 4) is 0 Å². The highest BCUT2D eigenvalue weighted by Crippen LogP contribution is 1.98. The van der Waals surface area contributed by atoms with E-state index in [2.05, 4.69) is 5.32 Å². The van der Waals surface area contributed by atoms with Crippen LogP contribution in [-0.4, -0.2) is 41.6 Å². The maximum atomic E-state index is 10.7. The highest BCUT2D eigenvalue weighted by Gasteiger charge is 2.25. The van der Waals surface area contributed by atoms with Crippen molar-refractivity contribution in [3.63, 3.8) is 0 Å². The summed E-state index contributed by atoms with van der Waals surface area (Å²) in [5.74, 6) is 0. The van der Waals surface area contributed by atoms with E-state index in [1.54, 1.807) is 0 Å². The Hall–Kier alpha value is -1.10. The van der Waals surface area contributed by atoms with Crippen LogP contribution in [-0.2, 0) is 4.79 Å². The summed E-state index contributed by atoms with van der Waals surface area (Å²) in [6.07, 6.45) is -0.965. The molecule has 0 aromatic heterocycles. The maximum Gasteiger partial charge on any atom is 0.319 e. The quantitative estimate of drug-likeness (QED) is 0.465. The van der Waals surface area contributed by atoms with Crippen LogP contribution in [0.1, 0.15) is 0 Å². The van der Waals surface area contributed by atoms with E-state index in [1.807, 2.05) is 0 Å². The van der Waals surface area contributed by atoms with E-state index in [0.717, 1.165) is 4.90 Å². The van der Waals surface area contributed by atoms with Gasteiger partial charge in [0.1, 0.15) is 0 Å². The molecule has 1 atom stereocenters. The SMILES string of the molecule is O=CC(O)N1CCNC1=O. The average molecular weight is 144 g/mol. The summed E-state index contributed by atoms with van der Waals surface area (Å²) >= 11 is 0. The number of aliphatic hydroxyl groups excluding tert-OH is 1. The lowest BCUT2D eigenvalue weighted by Crippen LogP contribution is -2.38. The first kappa shape index (κ1) is 7.01. The minimum atomic E-state index is -1.29. The normalized spacial score (nSPS) is 20.5. The van der Waals surface area contributed by atoms with Crippen molar-refractivity contribution in [1.29, 1.82) is 0 Å². The first-order valence-electron chi connectivity index (χ1n) is 2.93. The number of nitrogens with one attached hydrogen (secondary N) is 1. The Morgan fingerprint density at radius 3 is 2.90 bits per heavy atom. The van der Waals surface area contributed by atoms with Crippen molar-refractivity contribution in [3.05, 3.63) is 0 Å². The van der Waals surface area contributed by atoms with Crippen molar-refractivity contribution in [2.45, 2.75) is 6.23 Å². The molecule has 0 aliphatic carbocycles. The number of carbonyl (C=O) groups is 2. The molecule has 5 nitrogen and oxygen atoms in total. The fourth-order valence-electron chi connectivity index (χ4n) is 0.812. The summed E-state index contributed by atoms with van der Waals surface area (Å²) < 4.78 is 0. The fourth-order valence-corrected chi connectivity index (χ4v) is 0.812. The number of urea groups is 1. The second-order valence-electron chi connectivity index (χ2n) is 1.98. The smallest absolute Gasteiger partial charge is 0.319 e. The van der Waals surface area contributed by atoms with Gasteiger partial charge < -0.3 is 10.4 Å². The Labute approximate surface area is 57.6 Å². The molecule has 2 amide bonds. The van der Waals surface area contributed by atoms with Crippen molar-refractivity contribution in [1.82, 2.24) is 10.2 Å². The van der Waals surface area contributed by atoms with Gasteiger partial charge in [-0.3, -0.25) is 9.69 Å². The molecular formula is C5H8N2O3. The molecule has 5 heteroatoms. The van der Waals surface area contributed by atoms with E-state index in [0.29, 0.717) is 19.4 Å². The molecule has 1 aliphatic heterocycles. The summed E-state index contributed by atoms with van der Waals surface area (Å²) in [6.45, 7) is 0.877. The maximum absolute atomic E-state index is 10.7. The lowest BCUT2D eigenvalue weighted by molar-refractivity contribution is -0.120. The van der Waals surface area contributed by atoms with Gasteiger partial charge in [-0.15, -0.1) is 0 Å². The third-order valence-electron chi connectivity index (χ3n) is 1.33. The van der Waals surface area contributed by atoms with Gasteiger partial charge in [-0.1, -0.05) is 0 Å². The van der Waals surface area contributed by atoms with Crippen LogP contribution >= 0.6 is 0 Å². The molecule has 0 radical (unpaired) electrons. The Morgan fingerprint density at radius 1 is 1.80 bits per heavy atom. The zero-order chi connectivity index (χ0) is 7.56. The molecule has 1 fully saturated rings. The van der Waals surface area contributed by atoms with Gasteiger partial charge in [-0.25, -0.2) is 4.79 Å². The van der Waals surface area contributed by atoms with E-state index >= 15 is 0 Å². The first-order valence-corrected chi connectivity index (χ1v) is 2.93. The van der Waals surface area contributed by atoms with Crippen LogP contribution in [0.2, 0.25) is 0 Å². The molecule has 0 spiro atoms. The molecule has 1 aliphatic rings. The van der Waals surface area contributed by atoms with Crippen LogP contribution in [0, 0.1) is 0 Å². The van der Waals surface area contributed by atoms with E-state index < -0.39 is 6.23 Å². The Bertz CT molecular complexity index is 159. The zero-order valence-corrected chi connectivity index (χ0v) is 5.28. The number of hydrogen-bond donors (Lipinski definition) is 2.